The predicted molar refractivity (Wildman–Crippen MR) is 166 cm³/mol. The lowest BCUT2D eigenvalue weighted by molar-refractivity contribution is -0.139. The molecule has 0 atom stereocenters. The average Bonchev–Trinajstić information content (AvgIpc) is 2.97. The number of carbonyl (C=O) groups excluding carboxylic acids is 1. The van der Waals surface area contributed by atoms with Crippen molar-refractivity contribution in [1.29, 1.82) is 0 Å². The van der Waals surface area contributed by atoms with E-state index in [9.17, 15) is 9.90 Å². The van der Waals surface area contributed by atoms with Crippen molar-refractivity contribution >= 4 is 17.3 Å². The Kier molecular flexibility index (Phi) is 17.7. The summed E-state index contributed by atoms with van der Waals surface area (Å²) in [6.07, 6.45) is 16.7. The number of hydrogen-bond donors (Lipinski definition) is 1. The van der Waals surface area contributed by atoms with E-state index in [4.69, 9.17) is 14.2 Å². The van der Waals surface area contributed by atoms with Crippen LogP contribution >= 0.6 is 0 Å². The zero-order valence-electron chi connectivity index (χ0n) is 25.2. The highest BCUT2D eigenvalue weighted by Gasteiger charge is 2.05. The smallest absolute Gasteiger partial charge is 0.333 e. The van der Waals surface area contributed by atoms with E-state index >= 15 is 0 Å². The van der Waals surface area contributed by atoms with Crippen LogP contribution in [0.15, 0.2) is 64.8 Å². The van der Waals surface area contributed by atoms with E-state index in [1.807, 2.05) is 24.3 Å². The van der Waals surface area contributed by atoms with Crippen LogP contribution in [0.1, 0.15) is 104 Å². The number of esters is 1. The van der Waals surface area contributed by atoms with E-state index < -0.39 is 0 Å². The molecule has 0 bridgehead atoms. The second-order valence-electron chi connectivity index (χ2n) is 10.6. The Morgan fingerprint density at radius 2 is 1.22 bits per heavy atom. The molecule has 0 amide bonds. The van der Waals surface area contributed by atoms with Crippen LogP contribution in [0.2, 0.25) is 0 Å². The predicted octanol–water partition coefficient (Wildman–Crippen LogP) is 10.2. The minimum absolute atomic E-state index is 0.0158. The lowest BCUT2D eigenvalue weighted by atomic mass is 10.1. The third kappa shape index (κ3) is 15.9. The number of carbonyl (C=O) groups is 1. The molecule has 0 saturated carbocycles. The maximum Gasteiger partial charge on any atom is 0.333 e. The average molecular weight is 567 g/mol. The minimum atomic E-state index is -0.339. The number of rotatable bonds is 23. The van der Waals surface area contributed by atoms with Gasteiger partial charge in [-0.1, -0.05) is 71.3 Å². The van der Waals surface area contributed by atoms with Crippen LogP contribution in [0.3, 0.4) is 0 Å². The molecule has 41 heavy (non-hydrogen) atoms. The zero-order chi connectivity index (χ0) is 29.5. The third-order valence-corrected chi connectivity index (χ3v) is 6.71. The first-order chi connectivity index (χ1) is 20.0. The molecule has 0 aromatic heterocycles. The van der Waals surface area contributed by atoms with Gasteiger partial charge in [-0.2, -0.15) is 5.11 Å². The van der Waals surface area contributed by atoms with Crippen molar-refractivity contribution in [1.82, 2.24) is 0 Å². The molecule has 0 spiro atoms. The topological polar surface area (TPSA) is 89.7 Å². The molecule has 7 heteroatoms. The van der Waals surface area contributed by atoms with E-state index in [0.717, 1.165) is 44.5 Å². The number of aromatic hydroxyl groups is 1. The third-order valence-electron chi connectivity index (χ3n) is 6.71. The first-order valence-electron chi connectivity index (χ1n) is 15.4. The quantitative estimate of drug-likeness (QED) is 0.0625. The largest absolute Gasteiger partial charge is 0.505 e. The van der Waals surface area contributed by atoms with Gasteiger partial charge in [0.25, 0.3) is 0 Å². The van der Waals surface area contributed by atoms with Gasteiger partial charge in [-0.05, 0) is 75.4 Å². The van der Waals surface area contributed by atoms with Gasteiger partial charge in [0.15, 0.2) is 0 Å². The normalized spacial score (nSPS) is 11.1. The second-order valence-corrected chi connectivity index (χ2v) is 10.6. The standard InChI is InChI=1S/C34H50N2O5/c1-4-5-6-7-8-9-10-11-12-15-24-39-30-20-18-29(19-21-30)35-36-32-23-22-31(27-33(32)37)40-25-16-13-14-17-26-41-34(38)28(2)3/h18-23,27,37H,2,4-17,24-26H2,1,3H3. The SMILES string of the molecule is C=C(C)C(=O)OCCCCCCOc1ccc(N=Nc2ccc(OCCCCCCCCCCCC)cc2)c(O)c1. The van der Waals surface area contributed by atoms with Crippen LogP contribution < -0.4 is 9.47 Å². The second kappa shape index (κ2) is 21.4. The molecule has 0 aliphatic heterocycles. The summed E-state index contributed by atoms with van der Waals surface area (Å²) >= 11 is 0. The first-order valence-corrected chi connectivity index (χ1v) is 15.4. The zero-order valence-corrected chi connectivity index (χ0v) is 25.2. The monoisotopic (exact) mass is 566 g/mol. The van der Waals surface area contributed by atoms with E-state index in [-0.39, 0.29) is 11.7 Å². The summed E-state index contributed by atoms with van der Waals surface area (Å²) in [6, 6.07) is 12.5. The fourth-order valence-electron chi connectivity index (χ4n) is 4.21. The molecular weight excluding hydrogens is 516 g/mol. The van der Waals surface area contributed by atoms with Crippen molar-refractivity contribution in [3.63, 3.8) is 0 Å². The molecule has 0 heterocycles. The Morgan fingerprint density at radius 3 is 1.78 bits per heavy atom. The fraction of sp³-hybridized carbons (Fsp3) is 0.559. The highest BCUT2D eigenvalue weighted by atomic mass is 16.5. The van der Waals surface area contributed by atoms with Crippen LogP contribution in [0.25, 0.3) is 0 Å². The van der Waals surface area contributed by atoms with Gasteiger partial charge in [0, 0.05) is 11.6 Å². The molecule has 0 saturated heterocycles. The number of phenols is 1. The Morgan fingerprint density at radius 1 is 0.707 bits per heavy atom. The fourth-order valence-corrected chi connectivity index (χ4v) is 4.21. The summed E-state index contributed by atoms with van der Waals surface area (Å²) in [5.41, 5.74) is 1.48. The van der Waals surface area contributed by atoms with E-state index in [1.165, 1.54) is 57.8 Å². The maximum atomic E-state index is 11.3. The van der Waals surface area contributed by atoms with E-state index in [2.05, 4.69) is 23.7 Å². The Bertz CT molecular complexity index is 1040. The molecule has 0 aliphatic carbocycles. The lowest BCUT2D eigenvalue weighted by Crippen LogP contribution is -2.06. The minimum Gasteiger partial charge on any atom is -0.505 e. The molecule has 0 aliphatic rings. The van der Waals surface area contributed by atoms with Crippen LogP contribution in [-0.2, 0) is 9.53 Å². The van der Waals surface area contributed by atoms with Crippen molar-refractivity contribution in [2.75, 3.05) is 19.8 Å². The van der Waals surface area contributed by atoms with Crippen molar-refractivity contribution in [3.8, 4) is 17.2 Å². The molecule has 0 unspecified atom stereocenters. The number of unbranched alkanes of at least 4 members (excludes halogenated alkanes) is 12. The van der Waals surface area contributed by atoms with Crippen molar-refractivity contribution in [2.45, 2.75) is 104 Å². The van der Waals surface area contributed by atoms with Crippen molar-refractivity contribution in [3.05, 3.63) is 54.6 Å². The summed E-state index contributed by atoms with van der Waals surface area (Å²) in [5, 5.41) is 18.7. The van der Waals surface area contributed by atoms with Gasteiger partial charge in [0.05, 0.1) is 25.5 Å². The molecular formula is C34H50N2O5. The molecule has 2 aromatic rings. The number of ether oxygens (including phenoxy) is 3. The van der Waals surface area contributed by atoms with Gasteiger partial charge in [-0.25, -0.2) is 4.79 Å². The van der Waals surface area contributed by atoms with Gasteiger partial charge in [-0.3, -0.25) is 0 Å². The van der Waals surface area contributed by atoms with Crippen LogP contribution in [0.4, 0.5) is 11.4 Å². The molecule has 0 fully saturated rings. The Hall–Kier alpha value is -3.35. The lowest BCUT2D eigenvalue weighted by Gasteiger charge is -2.08. The number of azo groups is 1. The molecule has 1 N–H and O–H groups in total. The molecule has 2 aromatic carbocycles. The summed E-state index contributed by atoms with van der Waals surface area (Å²) in [7, 11) is 0. The van der Waals surface area contributed by atoms with Crippen LogP contribution in [0, 0.1) is 0 Å². The van der Waals surface area contributed by atoms with Gasteiger partial charge in [-0.15, -0.1) is 5.11 Å². The number of phenolic OH excluding ortho intramolecular Hbond substituents is 1. The van der Waals surface area contributed by atoms with E-state index in [0.29, 0.717) is 35.9 Å². The van der Waals surface area contributed by atoms with Gasteiger partial charge in [0.2, 0.25) is 0 Å². The van der Waals surface area contributed by atoms with Gasteiger partial charge < -0.3 is 19.3 Å². The van der Waals surface area contributed by atoms with Gasteiger partial charge in [0.1, 0.15) is 22.9 Å². The Balaban J connectivity index is 1.58. The maximum absolute atomic E-state index is 11.3. The molecule has 226 valence electrons. The van der Waals surface area contributed by atoms with Crippen LogP contribution in [0.5, 0.6) is 17.2 Å². The molecule has 2 rings (SSSR count). The van der Waals surface area contributed by atoms with Crippen molar-refractivity contribution in [2.24, 2.45) is 10.2 Å². The van der Waals surface area contributed by atoms with Crippen molar-refractivity contribution < 1.29 is 24.1 Å². The summed E-state index contributed by atoms with van der Waals surface area (Å²) < 4.78 is 16.7. The highest BCUT2D eigenvalue weighted by molar-refractivity contribution is 5.86. The number of hydrogen-bond acceptors (Lipinski definition) is 7. The van der Waals surface area contributed by atoms with E-state index in [1.54, 1.807) is 25.1 Å². The number of benzene rings is 2. The first kappa shape index (κ1) is 33.9. The molecule has 7 nitrogen and oxygen atoms in total. The number of nitrogens with zero attached hydrogens (tertiary/aromatic N) is 2. The summed E-state index contributed by atoms with van der Waals surface area (Å²) in [6.45, 7) is 9.14. The Labute approximate surface area is 247 Å². The summed E-state index contributed by atoms with van der Waals surface area (Å²) in [5.74, 6) is 1.09. The summed E-state index contributed by atoms with van der Waals surface area (Å²) in [4.78, 5) is 11.3. The van der Waals surface area contributed by atoms with Crippen LogP contribution in [-0.4, -0.2) is 30.9 Å². The molecule has 0 radical (unpaired) electrons. The highest BCUT2D eigenvalue weighted by Crippen LogP contribution is 2.32. The van der Waals surface area contributed by atoms with Gasteiger partial charge >= 0.3 is 5.97 Å².